The number of para-hydroxylation sites is 1. The van der Waals surface area contributed by atoms with Gasteiger partial charge in [-0.15, -0.1) is 0 Å². The molecule has 3 amide bonds. The number of nitrogens with zero attached hydrogens (tertiary/aromatic N) is 1. The largest absolute Gasteiger partial charge is 0.507 e. The van der Waals surface area contributed by atoms with Gasteiger partial charge in [0.1, 0.15) is 35.1 Å². The number of rotatable bonds is 16. The average molecular weight is 716 g/mol. The fourth-order valence-electron chi connectivity index (χ4n) is 5.79. The van der Waals surface area contributed by atoms with E-state index in [9.17, 15) is 24.3 Å². The van der Waals surface area contributed by atoms with E-state index in [0.29, 0.717) is 12.0 Å². The van der Waals surface area contributed by atoms with Crippen molar-refractivity contribution in [2.75, 3.05) is 6.54 Å². The highest BCUT2D eigenvalue weighted by Gasteiger charge is 2.39. The van der Waals surface area contributed by atoms with Crippen molar-refractivity contribution >= 4 is 23.9 Å². The van der Waals surface area contributed by atoms with Crippen molar-refractivity contribution in [1.82, 2.24) is 15.5 Å². The number of hydrogen-bond acceptors (Lipinski definition) is 7. The summed E-state index contributed by atoms with van der Waals surface area (Å²) in [6.45, 7) is 14.4. The van der Waals surface area contributed by atoms with Crippen molar-refractivity contribution in [1.29, 1.82) is 0 Å². The first-order chi connectivity index (χ1) is 24.5. The molecule has 3 rings (SSSR count). The third-order valence-electron chi connectivity index (χ3n) is 8.22. The zero-order valence-corrected chi connectivity index (χ0v) is 32.0. The third-order valence-corrected chi connectivity index (χ3v) is 8.22. The van der Waals surface area contributed by atoms with Crippen LogP contribution in [0.4, 0.5) is 4.79 Å². The maximum absolute atomic E-state index is 14.9. The smallest absolute Gasteiger partial charge is 0.408 e. The normalized spacial score (nSPS) is 13.3. The zero-order chi connectivity index (χ0) is 38.5. The third kappa shape index (κ3) is 13.4. The van der Waals surface area contributed by atoms with Crippen LogP contribution in [0.3, 0.4) is 0 Å². The molecule has 0 aliphatic carbocycles. The van der Waals surface area contributed by atoms with Gasteiger partial charge in [-0.25, -0.2) is 9.59 Å². The van der Waals surface area contributed by atoms with Gasteiger partial charge in [0.2, 0.25) is 11.8 Å². The highest BCUT2D eigenvalue weighted by molar-refractivity contribution is 5.94. The number of carbonyl (C=O) groups is 4. The molecule has 3 unspecified atom stereocenters. The van der Waals surface area contributed by atoms with Gasteiger partial charge in [-0.1, -0.05) is 105 Å². The number of nitrogens with one attached hydrogen (secondary N) is 2. The Morgan fingerprint density at radius 3 is 1.81 bits per heavy atom. The number of phenolic OH excluding ortho intramolecular Hbond substituents is 1. The molecule has 0 saturated heterocycles. The molecule has 3 aromatic rings. The maximum atomic E-state index is 14.9. The first kappa shape index (κ1) is 41.6. The number of phenols is 1. The molecule has 0 spiro atoms. The van der Waals surface area contributed by atoms with Gasteiger partial charge in [0.25, 0.3) is 0 Å². The Morgan fingerprint density at radius 1 is 0.712 bits per heavy atom. The van der Waals surface area contributed by atoms with Gasteiger partial charge in [-0.3, -0.25) is 9.59 Å². The van der Waals surface area contributed by atoms with Crippen molar-refractivity contribution in [3.05, 3.63) is 101 Å². The minimum atomic E-state index is -1.37. The predicted molar refractivity (Wildman–Crippen MR) is 203 cm³/mol. The highest BCUT2D eigenvalue weighted by atomic mass is 16.6. The topological polar surface area (TPSA) is 134 Å². The summed E-state index contributed by atoms with van der Waals surface area (Å²) in [5.74, 6) is -1.99. The molecule has 0 fully saturated rings. The predicted octanol–water partition coefficient (Wildman–Crippen LogP) is 7.36. The molecule has 0 aliphatic heterocycles. The van der Waals surface area contributed by atoms with Gasteiger partial charge in [0.05, 0.1) is 0 Å². The molecule has 3 N–H and O–H groups in total. The van der Waals surface area contributed by atoms with Crippen molar-refractivity contribution in [3.63, 3.8) is 0 Å². The lowest BCUT2D eigenvalue weighted by Gasteiger charge is -2.36. The summed E-state index contributed by atoms with van der Waals surface area (Å²) in [6.07, 6.45) is 2.68. The number of aryl methyl sites for hydroxylation is 1. The van der Waals surface area contributed by atoms with Gasteiger partial charge in [0, 0.05) is 24.9 Å². The van der Waals surface area contributed by atoms with Crippen molar-refractivity contribution in [2.24, 2.45) is 0 Å². The second-order valence-corrected chi connectivity index (χ2v) is 15.2. The van der Waals surface area contributed by atoms with Crippen LogP contribution in [0.2, 0.25) is 0 Å². The minimum absolute atomic E-state index is 0.118. The van der Waals surface area contributed by atoms with Crippen LogP contribution in [0.5, 0.6) is 5.75 Å². The van der Waals surface area contributed by atoms with Crippen LogP contribution in [0.25, 0.3) is 0 Å². The van der Waals surface area contributed by atoms with Gasteiger partial charge in [0.15, 0.2) is 0 Å². The number of ether oxygens (including phenoxy) is 2. The molecule has 10 nitrogen and oxygen atoms in total. The fourth-order valence-corrected chi connectivity index (χ4v) is 5.79. The van der Waals surface area contributed by atoms with E-state index in [1.807, 2.05) is 60.7 Å². The van der Waals surface area contributed by atoms with Crippen molar-refractivity contribution < 1.29 is 33.8 Å². The van der Waals surface area contributed by atoms with Crippen molar-refractivity contribution in [2.45, 2.75) is 123 Å². The fraction of sp³-hybridized carbons (Fsp3) is 0.476. The molecule has 0 aliphatic rings. The molecule has 3 atom stereocenters. The number of carbonyl (C=O) groups excluding carboxylic acids is 4. The second kappa shape index (κ2) is 19.1. The summed E-state index contributed by atoms with van der Waals surface area (Å²) in [5, 5.41) is 17.1. The van der Waals surface area contributed by atoms with E-state index in [2.05, 4.69) is 17.6 Å². The summed E-state index contributed by atoms with van der Waals surface area (Å²) >= 11 is 0. The molecule has 0 aromatic heterocycles. The van der Waals surface area contributed by atoms with E-state index in [4.69, 9.17) is 9.47 Å². The van der Waals surface area contributed by atoms with E-state index in [-0.39, 0.29) is 30.7 Å². The van der Waals surface area contributed by atoms with Crippen LogP contribution in [-0.2, 0) is 36.7 Å². The molecule has 282 valence electrons. The number of alkyl carbamates (subject to hydrolysis) is 1. The number of esters is 1. The average Bonchev–Trinajstić information content (AvgIpc) is 3.06. The standard InChI is InChI=1S/C42H57N3O7/c1-9-10-11-18-26-45(38(48)33(27-30-21-14-12-15-22-30)44-40(50)52-42(6,7)8)35(32-25-19-20-29(2)36(32)46)37(47)43-34(39(49)51-41(3,4)5)28-31-23-16-13-17-24-31/h12-17,19-25,33-35,46H,9-11,18,26-28H2,1-8H3,(H,43,47)(H,44,50). The van der Waals surface area contributed by atoms with E-state index in [1.165, 1.54) is 4.90 Å². The number of amides is 3. The Hall–Kier alpha value is -4.86. The summed E-state index contributed by atoms with van der Waals surface area (Å²) in [5.41, 5.74) is 0.634. The Bertz CT molecular complexity index is 1610. The molecular formula is C42H57N3O7. The summed E-state index contributed by atoms with van der Waals surface area (Å²) < 4.78 is 11.3. The molecular weight excluding hydrogens is 658 g/mol. The Balaban J connectivity index is 2.16. The lowest BCUT2D eigenvalue weighted by molar-refractivity contribution is -0.159. The summed E-state index contributed by atoms with van der Waals surface area (Å²) in [7, 11) is 0. The molecule has 10 heteroatoms. The Labute approximate surface area is 309 Å². The molecule has 0 radical (unpaired) electrons. The SMILES string of the molecule is CCCCCCN(C(=O)C(Cc1ccccc1)NC(=O)OC(C)(C)C)C(C(=O)NC(Cc1ccccc1)C(=O)OC(C)(C)C)c1cccc(C)c1O. The van der Waals surface area contributed by atoms with Crippen molar-refractivity contribution in [3.8, 4) is 5.75 Å². The number of aromatic hydroxyl groups is 1. The van der Waals surface area contributed by atoms with Crippen LogP contribution in [0, 0.1) is 6.92 Å². The van der Waals surface area contributed by atoms with Crippen LogP contribution >= 0.6 is 0 Å². The first-order valence-electron chi connectivity index (χ1n) is 18.2. The van der Waals surface area contributed by atoms with Gasteiger partial charge >= 0.3 is 12.1 Å². The van der Waals surface area contributed by atoms with E-state index < -0.39 is 53.2 Å². The number of hydrogen-bond donors (Lipinski definition) is 3. The quantitative estimate of drug-likeness (QED) is 0.104. The molecule has 0 heterocycles. The molecule has 52 heavy (non-hydrogen) atoms. The Kier molecular flexibility index (Phi) is 15.3. The van der Waals surface area contributed by atoms with E-state index in [1.54, 1.807) is 66.7 Å². The lowest BCUT2D eigenvalue weighted by Crippen LogP contribution is -2.55. The van der Waals surface area contributed by atoms with Gasteiger partial charge < -0.3 is 30.1 Å². The van der Waals surface area contributed by atoms with Crippen LogP contribution in [0.1, 0.15) is 102 Å². The van der Waals surface area contributed by atoms with Crippen LogP contribution < -0.4 is 10.6 Å². The van der Waals surface area contributed by atoms with E-state index >= 15 is 0 Å². The van der Waals surface area contributed by atoms with Crippen LogP contribution in [0.15, 0.2) is 78.9 Å². The molecule has 0 bridgehead atoms. The zero-order valence-electron chi connectivity index (χ0n) is 32.0. The number of unbranched alkanes of at least 4 members (excludes halogenated alkanes) is 3. The lowest BCUT2D eigenvalue weighted by atomic mass is 9.96. The minimum Gasteiger partial charge on any atom is -0.507 e. The maximum Gasteiger partial charge on any atom is 0.408 e. The molecule has 0 saturated carbocycles. The highest BCUT2D eigenvalue weighted by Crippen LogP contribution is 2.33. The molecule has 3 aromatic carbocycles. The van der Waals surface area contributed by atoms with Gasteiger partial charge in [-0.2, -0.15) is 0 Å². The monoisotopic (exact) mass is 715 g/mol. The van der Waals surface area contributed by atoms with Crippen LogP contribution in [-0.4, -0.2) is 63.7 Å². The Morgan fingerprint density at radius 2 is 1.27 bits per heavy atom. The first-order valence-corrected chi connectivity index (χ1v) is 18.2. The van der Waals surface area contributed by atoms with Gasteiger partial charge in [-0.05, 0) is 71.6 Å². The van der Waals surface area contributed by atoms with E-state index in [0.717, 1.165) is 30.4 Å². The second-order valence-electron chi connectivity index (χ2n) is 15.2. The summed E-state index contributed by atoms with van der Waals surface area (Å²) in [6, 6.07) is 19.9. The summed E-state index contributed by atoms with van der Waals surface area (Å²) in [4.78, 5) is 57.9. The number of benzene rings is 3.